The summed E-state index contributed by atoms with van der Waals surface area (Å²) >= 11 is 0. The topological polar surface area (TPSA) is 82.1 Å². The minimum Gasteiger partial charge on any atom is -0.300 e. The highest BCUT2D eigenvalue weighted by molar-refractivity contribution is 7.47. The number of carbonyl (C=O) groups excluding carboxylic acids is 1. The molecule has 1 atom stereocenters. The Labute approximate surface area is 70.0 Å². The van der Waals surface area contributed by atoms with Crippen LogP contribution >= 0.6 is 7.82 Å². The fourth-order valence-corrected chi connectivity index (χ4v) is 0.983. The maximum Gasteiger partial charge on any atom is 0.508 e. The van der Waals surface area contributed by atoms with Crippen LogP contribution in [0.1, 0.15) is 20.3 Å². The molecule has 72 valence electrons. The quantitative estimate of drug-likeness (QED) is 0.403. The Morgan fingerprint density at radius 2 is 2.17 bits per heavy atom. The standard InChI is InChI=1S/C5H11O6P/c1-3-4-9-12(7,8)11-10-5(2)6/h3-4H2,1-2H3,(H,7,8). The van der Waals surface area contributed by atoms with E-state index in [-0.39, 0.29) is 6.61 Å². The molecule has 1 unspecified atom stereocenters. The van der Waals surface area contributed by atoms with Crippen LogP contribution in [-0.4, -0.2) is 17.5 Å². The monoisotopic (exact) mass is 198 g/mol. The summed E-state index contributed by atoms with van der Waals surface area (Å²) in [6.07, 6.45) is 0.563. The van der Waals surface area contributed by atoms with Crippen LogP contribution in [0.2, 0.25) is 0 Å². The Kier molecular flexibility index (Phi) is 5.08. The lowest BCUT2D eigenvalue weighted by molar-refractivity contribution is -0.221. The van der Waals surface area contributed by atoms with E-state index in [4.69, 9.17) is 4.89 Å². The molecule has 0 radical (unpaired) electrons. The van der Waals surface area contributed by atoms with Crippen LogP contribution in [0.5, 0.6) is 0 Å². The van der Waals surface area contributed by atoms with E-state index in [1.165, 1.54) is 0 Å². The molecule has 0 rings (SSSR count). The fourth-order valence-electron chi connectivity index (χ4n) is 0.328. The molecule has 0 aromatic rings. The zero-order chi connectivity index (χ0) is 9.61. The largest absolute Gasteiger partial charge is 0.508 e. The van der Waals surface area contributed by atoms with E-state index in [9.17, 15) is 9.36 Å². The summed E-state index contributed by atoms with van der Waals surface area (Å²) in [4.78, 5) is 22.7. The van der Waals surface area contributed by atoms with Crippen LogP contribution in [0.25, 0.3) is 0 Å². The van der Waals surface area contributed by atoms with E-state index in [1.54, 1.807) is 6.92 Å². The lowest BCUT2D eigenvalue weighted by Crippen LogP contribution is -2.01. The van der Waals surface area contributed by atoms with Crippen molar-refractivity contribution in [1.29, 1.82) is 0 Å². The van der Waals surface area contributed by atoms with Gasteiger partial charge in [0.25, 0.3) is 0 Å². The first-order valence-corrected chi connectivity index (χ1v) is 4.81. The van der Waals surface area contributed by atoms with Crippen LogP contribution in [0.4, 0.5) is 0 Å². The van der Waals surface area contributed by atoms with Gasteiger partial charge < -0.3 is 4.89 Å². The van der Waals surface area contributed by atoms with Gasteiger partial charge in [-0.3, -0.25) is 9.41 Å². The zero-order valence-electron chi connectivity index (χ0n) is 6.85. The summed E-state index contributed by atoms with van der Waals surface area (Å²) in [7, 11) is -4.21. The molecule has 1 N–H and O–H groups in total. The normalized spacial score (nSPS) is 15.2. The van der Waals surface area contributed by atoms with Gasteiger partial charge >= 0.3 is 13.8 Å². The lowest BCUT2D eigenvalue weighted by atomic mass is 10.5. The van der Waals surface area contributed by atoms with Crippen LogP contribution in [0.15, 0.2) is 0 Å². The number of phosphoric ester groups is 1. The molecule has 0 amide bonds. The predicted octanol–water partition coefficient (Wildman–Crippen LogP) is 1.01. The van der Waals surface area contributed by atoms with Gasteiger partial charge in [0, 0.05) is 6.92 Å². The molecule has 0 bridgehead atoms. The van der Waals surface area contributed by atoms with Gasteiger partial charge in [-0.25, -0.2) is 9.36 Å². The van der Waals surface area contributed by atoms with Crippen LogP contribution in [0, 0.1) is 0 Å². The van der Waals surface area contributed by atoms with Crippen molar-refractivity contribution in [3.05, 3.63) is 0 Å². The van der Waals surface area contributed by atoms with Crippen LogP contribution in [0.3, 0.4) is 0 Å². The van der Waals surface area contributed by atoms with Crippen molar-refractivity contribution < 1.29 is 28.3 Å². The average molecular weight is 198 g/mol. The summed E-state index contributed by atoms with van der Waals surface area (Å²) in [6.45, 7) is 2.86. The van der Waals surface area contributed by atoms with Gasteiger partial charge in [0.1, 0.15) is 0 Å². The molecule has 0 fully saturated rings. The summed E-state index contributed by atoms with van der Waals surface area (Å²) in [5.41, 5.74) is 0. The number of rotatable bonds is 5. The summed E-state index contributed by atoms with van der Waals surface area (Å²) in [6, 6.07) is 0. The molecule has 0 aromatic heterocycles. The third-order valence-corrected chi connectivity index (χ3v) is 1.48. The lowest BCUT2D eigenvalue weighted by Gasteiger charge is -2.08. The van der Waals surface area contributed by atoms with E-state index >= 15 is 0 Å². The average Bonchev–Trinajstić information content (AvgIpc) is 1.98. The van der Waals surface area contributed by atoms with E-state index in [0.29, 0.717) is 6.42 Å². The molecule has 0 aromatic carbocycles. The number of hydrogen-bond acceptors (Lipinski definition) is 5. The van der Waals surface area contributed by atoms with E-state index in [0.717, 1.165) is 6.92 Å². The van der Waals surface area contributed by atoms with E-state index < -0.39 is 13.8 Å². The van der Waals surface area contributed by atoms with Crippen molar-refractivity contribution in [3.63, 3.8) is 0 Å². The van der Waals surface area contributed by atoms with Crippen LogP contribution < -0.4 is 0 Å². The Hall–Kier alpha value is -0.420. The first kappa shape index (κ1) is 11.6. The first-order valence-electron chi connectivity index (χ1n) is 3.32. The van der Waals surface area contributed by atoms with Crippen molar-refractivity contribution in [2.24, 2.45) is 0 Å². The maximum atomic E-state index is 10.7. The Morgan fingerprint density at radius 3 is 2.58 bits per heavy atom. The Balaban J connectivity index is 3.71. The third-order valence-electron chi connectivity index (χ3n) is 0.707. The van der Waals surface area contributed by atoms with Gasteiger partial charge in [0.2, 0.25) is 0 Å². The van der Waals surface area contributed by atoms with E-state index in [2.05, 4.69) is 14.1 Å². The second kappa shape index (κ2) is 5.27. The molecule has 0 aliphatic heterocycles. The first-order chi connectivity index (χ1) is 5.48. The van der Waals surface area contributed by atoms with Gasteiger partial charge in [-0.15, -0.1) is 0 Å². The second-order valence-corrected chi connectivity index (χ2v) is 3.30. The fraction of sp³-hybridized carbons (Fsp3) is 0.800. The molecule has 0 aliphatic carbocycles. The van der Waals surface area contributed by atoms with Gasteiger partial charge in [-0.05, 0) is 6.42 Å². The summed E-state index contributed by atoms with van der Waals surface area (Å²) in [5.74, 6) is -0.815. The highest BCUT2D eigenvalue weighted by Crippen LogP contribution is 2.43. The van der Waals surface area contributed by atoms with E-state index in [1.807, 2.05) is 0 Å². The molecule has 0 saturated heterocycles. The van der Waals surface area contributed by atoms with Gasteiger partial charge in [-0.1, -0.05) is 11.6 Å². The molecule has 6 nitrogen and oxygen atoms in total. The van der Waals surface area contributed by atoms with Crippen molar-refractivity contribution in [2.75, 3.05) is 6.61 Å². The minimum absolute atomic E-state index is 0.0645. The maximum absolute atomic E-state index is 10.7. The van der Waals surface area contributed by atoms with Crippen molar-refractivity contribution >= 4 is 13.8 Å². The highest BCUT2D eigenvalue weighted by Gasteiger charge is 2.23. The van der Waals surface area contributed by atoms with Gasteiger partial charge in [0.05, 0.1) is 6.61 Å². The second-order valence-electron chi connectivity index (χ2n) is 1.95. The molecular formula is C5H11O6P. The van der Waals surface area contributed by atoms with Crippen molar-refractivity contribution in [2.45, 2.75) is 20.3 Å². The van der Waals surface area contributed by atoms with Gasteiger partial charge in [-0.2, -0.15) is 0 Å². The molecule has 0 spiro atoms. The predicted molar refractivity (Wildman–Crippen MR) is 38.9 cm³/mol. The SMILES string of the molecule is CCCOP(=O)(O)OOC(C)=O. The summed E-state index contributed by atoms with van der Waals surface area (Å²) in [5, 5.41) is 0. The molecule has 0 heterocycles. The zero-order valence-corrected chi connectivity index (χ0v) is 7.74. The van der Waals surface area contributed by atoms with Crippen molar-refractivity contribution in [1.82, 2.24) is 0 Å². The molecule has 12 heavy (non-hydrogen) atoms. The Morgan fingerprint density at radius 1 is 1.58 bits per heavy atom. The van der Waals surface area contributed by atoms with Crippen molar-refractivity contribution in [3.8, 4) is 0 Å². The Bertz CT molecular complexity index is 190. The number of hydrogen-bond donors (Lipinski definition) is 1. The molecular weight excluding hydrogens is 187 g/mol. The molecule has 7 heteroatoms. The highest BCUT2D eigenvalue weighted by atomic mass is 31.2. The minimum atomic E-state index is -4.21. The molecule has 0 saturated carbocycles. The van der Waals surface area contributed by atoms with Gasteiger partial charge in [0.15, 0.2) is 0 Å². The summed E-state index contributed by atoms with van der Waals surface area (Å²) < 4.78 is 18.9. The number of carbonyl (C=O) groups is 1. The van der Waals surface area contributed by atoms with Crippen LogP contribution in [-0.2, 0) is 23.4 Å². The molecule has 0 aliphatic rings. The third kappa shape index (κ3) is 6.30. The smallest absolute Gasteiger partial charge is 0.300 e. The number of phosphoric acid groups is 1.